The van der Waals surface area contributed by atoms with Crippen LogP contribution in [-0.2, 0) is 0 Å². The van der Waals surface area contributed by atoms with E-state index in [1.165, 1.54) is 20.7 Å². The molecule has 0 atom stereocenters. The molecule has 7 aromatic carbocycles. The molecule has 0 fully saturated rings. The smallest absolute Gasteiger partial charge is 0.179 e. The van der Waals surface area contributed by atoms with Gasteiger partial charge in [-0.1, -0.05) is 127 Å². The summed E-state index contributed by atoms with van der Waals surface area (Å²) < 4.78 is 2.27. The van der Waals surface area contributed by atoms with Gasteiger partial charge in [0.15, 0.2) is 8.07 Å². The molecular formula is C44H29N3Si. The SMILES string of the molecule is N#Cc1cccc([Si](c2ccccc2)(c2ccccc2)c2cccc(-c3ccc(-n4c5ccccc5c5cc(C#N)ccc54)cc3)c2)c1. The Balaban J connectivity index is 1.30. The average molecular weight is 628 g/mol. The van der Waals surface area contributed by atoms with Crippen molar-refractivity contribution in [3.05, 3.63) is 187 Å². The Morgan fingerprint density at radius 1 is 0.396 bits per heavy atom. The van der Waals surface area contributed by atoms with E-state index in [-0.39, 0.29) is 0 Å². The van der Waals surface area contributed by atoms with Crippen LogP contribution in [0.1, 0.15) is 11.1 Å². The Labute approximate surface area is 280 Å². The van der Waals surface area contributed by atoms with E-state index in [4.69, 9.17) is 0 Å². The topological polar surface area (TPSA) is 52.5 Å². The fraction of sp³-hybridized carbons (Fsp3) is 0. The standard InChI is InChI=1S/C44H29N3Si/c45-30-32-11-9-17-39(27-32)48(37-13-3-1-4-14-37,38-15-5-2-6-16-38)40-18-10-12-35(29-40)34-22-24-36(25-23-34)47-43-20-8-7-19-41(43)42-28-33(31-46)21-26-44(42)47/h1-29H. The van der Waals surface area contributed by atoms with Gasteiger partial charge in [-0.15, -0.1) is 0 Å². The lowest BCUT2D eigenvalue weighted by atomic mass is 10.1. The zero-order valence-corrected chi connectivity index (χ0v) is 27.1. The molecule has 0 aliphatic carbocycles. The summed E-state index contributed by atoms with van der Waals surface area (Å²) in [5.74, 6) is 0. The van der Waals surface area contributed by atoms with Crippen molar-refractivity contribution in [3.8, 4) is 29.0 Å². The van der Waals surface area contributed by atoms with E-state index in [1.807, 2.05) is 36.4 Å². The first kappa shape index (κ1) is 29.0. The third kappa shape index (κ3) is 4.72. The van der Waals surface area contributed by atoms with E-state index in [9.17, 15) is 10.5 Å². The first-order valence-electron chi connectivity index (χ1n) is 16.0. The predicted molar refractivity (Wildman–Crippen MR) is 199 cm³/mol. The second-order valence-corrected chi connectivity index (χ2v) is 15.8. The molecule has 0 saturated carbocycles. The molecule has 0 amide bonds. The van der Waals surface area contributed by atoms with Crippen molar-refractivity contribution in [2.75, 3.05) is 0 Å². The number of nitrogens with zero attached hydrogens (tertiary/aromatic N) is 3. The van der Waals surface area contributed by atoms with Crippen LogP contribution in [0, 0.1) is 22.7 Å². The van der Waals surface area contributed by atoms with Gasteiger partial charge >= 0.3 is 0 Å². The second-order valence-electron chi connectivity index (χ2n) is 12.0. The third-order valence-corrected chi connectivity index (χ3v) is 14.1. The van der Waals surface area contributed by atoms with Crippen LogP contribution in [0.15, 0.2) is 176 Å². The van der Waals surface area contributed by atoms with Crippen LogP contribution in [0.25, 0.3) is 38.6 Å². The molecule has 1 aromatic heterocycles. The maximum Gasteiger partial charge on any atom is 0.179 e. The molecule has 0 N–H and O–H groups in total. The number of hydrogen-bond donors (Lipinski definition) is 0. The molecule has 0 bridgehead atoms. The van der Waals surface area contributed by atoms with Crippen molar-refractivity contribution in [1.82, 2.24) is 4.57 Å². The molecule has 224 valence electrons. The lowest BCUT2D eigenvalue weighted by Gasteiger charge is -2.34. The molecule has 4 heteroatoms. The van der Waals surface area contributed by atoms with E-state index in [0.29, 0.717) is 11.1 Å². The number of nitriles is 2. The van der Waals surface area contributed by atoms with Gasteiger partial charge in [0.1, 0.15) is 0 Å². The summed E-state index contributed by atoms with van der Waals surface area (Å²) in [6, 6.07) is 66.4. The first-order chi connectivity index (χ1) is 23.7. The van der Waals surface area contributed by atoms with Gasteiger partial charge < -0.3 is 4.57 Å². The van der Waals surface area contributed by atoms with Crippen LogP contribution in [0.2, 0.25) is 0 Å². The molecule has 0 aliphatic rings. The highest BCUT2D eigenvalue weighted by Crippen LogP contribution is 2.33. The molecule has 1 heterocycles. The minimum atomic E-state index is -2.81. The molecule has 0 radical (unpaired) electrons. The Bertz CT molecular complexity index is 2480. The highest BCUT2D eigenvalue weighted by molar-refractivity contribution is 7.19. The maximum absolute atomic E-state index is 9.91. The fourth-order valence-corrected chi connectivity index (χ4v) is 12.1. The van der Waals surface area contributed by atoms with Gasteiger partial charge in [-0.2, -0.15) is 10.5 Å². The van der Waals surface area contributed by atoms with Crippen LogP contribution < -0.4 is 20.7 Å². The Morgan fingerprint density at radius 3 is 1.65 bits per heavy atom. The fourth-order valence-electron chi connectivity index (χ4n) is 7.25. The number of aromatic nitrogens is 1. The minimum absolute atomic E-state index is 0.658. The molecule has 0 aliphatic heterocycles. The van der Waals surface area contributed by atoms with Crippen LogP contribution in [0.4, 0.5) is 0 Å². The zero-order chi connectivity index (χ0) is 32.5. The van der Waals surface area contributed by atoms with Crippen LogP contribution in [-0.4, -0.2) is 12.6 Å². The average Bonchev–Trinajstić information content (AvgIpc) is 3.50. The van der Waals surface area contributed by atoms with Gasteiger partial charge in [-0.3, -0.25) is 0 Å². The number of rotatable bonds is 6. The van der Waals surface area contributed by atoms with Gasteiger partial charge in [-0.25, -0.2) is 0 Å². The molecule has 0 unspecified atom stereocenters. The molecule has 0 spiro atoms. The molecule has 3 nitrogen and oxygen atoms in total. The van der Waals surface area contributed by atoms with E-state index in [2.05, 4.69) is 156 Å². The van der Waals surface area contributed by atoms with Crippen molar-refractivity contribution in [2.24, 2.45) is 0 Å². The Kier molecular flexibility index (Phi) is 7.27. The first-order valence-corrected chi connectivity index (χ1v) is 18.0. The van der Waals surface area contributed by atoms with E-state index >= 15 is 0 Å². The number of hydrogen-bond acceptors (Lipinski definition) is 2. The molecule has 48 heavy (non-hydrogen) atoms. The summed E-state index contributed by atoms with van der Waals surface area (Å²) in [6.07, 6.45) is 0. The minimum Gasteiger partial charge on any atom is -0.309 e. The van der Waals surface area contributed by atoms with Gasteiger partial charge in [0, 0.05) is 16.5 Å². The highest BCUT2D eigenvalue weighted by atomic mass is 28.3. The van der Waals surface area contributed by atoms with E-state index in [1.54, 1.807) is 0 Å². The van der Waals surface area contributed by atoms with E-state index < -0.39 is 8.07 Å². The summed E-state index contributed by atoms with van der Waals surface area (Å²) in [4.78, 5) is 0. The summed E-state index contributed by atoms with van der Waals surface area (Å²) in [5.41, 5.74) is 6.84. The van der Waals surface area contributed by atoms with Gasteiger partial charge in [0.05, 0.1) is 34.3 Å². The van der Waals surface area contributed by atoms with Crippen molar-refractivity contribution < 1.29 is 0 Å². The monoisotopic (exact) mass is 627 g/mol. The molecular weight excluding hydrogens is 599 g/mol. The van der Waals surface area contributed by atoms with E-state index in [0.717, 1.165) is 38.6 Å². The predicted octanol–water partition coefficient (Wildman–Crippen LogP) is 7.57. The molecule has 8 rings (SSSR count). The molecule has 0 saturated heterocycles. The van der Waals surface area contributed by atoms with Crippen molar-refractivity contribution >= 4 is 50.6 Å². The van der Waals surface area contributed by atoms with Gasteiger partial charge in [0.2, 0.25) is 0 Å². The van der Waals surface area contributed by atoms with Crippen LogP contribution >= 0.6 is 0 Å². The van der Waals surface area contributed by atoms with Gasteiger partial charge in [0.25, 0.3) is 0 Å². The van der Waals surface area contributed by atoms with Crippen molar-refractivity contribution in [2.45, 2.75) is 0 Å². The maximum atomic E-state index is 9.91. The summed E-state index contributed by atoms with van der Waals surface area (Å²) >= 11 is 0. The van der Waals surface area contributed by atoms with Crippen LogP contribution in [0.3, 0.4) is 0 Å². The van der Waals surface area contributed by atoms with Crippen LogP contribution in [0.5, 0.6) is 0 Å². The number of fused-ring (bicyclic) bond motifs is 3. The number of para-hydroxylation sites is 1. The summed E-state index contributed by atoms with van der Waals surface area (Å²) in [7, 11) is -2.81. The lowest BCUT2D eigenvalue weighted by molar-refractivity contribution is 1.18. The normalized spacial score (nSPS) is 11.3. The Hall–Kier alpha value is -6.46. The highest BCUT2D eigenvalue weighted by Gasteiger charge is 2.41. The van der Waals surface area contributed by atoms with Crippen molar-refractivity contribution in [1.29, 1.82) is 10.5 Å². The Morgan fingerprint density at radius 2 is 0.958 bits per heavy atom. The number of benzene rings is 7. The zero-order valence-electron chi connectivity index (χ0n) is 26.1. The van der Waals surface area contributed by atoms with Gasteiger partial charge in [-0.05, 0) is 80.4 Å². The lowest BCUT2D eigenvalue weighted by Crippen LogP contribution is -2.74. The second kappa shape index (κ2) is 12.0. The molecule has 8 aromatic rings. The summed E-state index contributed by atoms with van der Waals surface area (Å²) in [6.45, 7) is 0. The van der Waals surface area contributed by atoms with Crippen molar-refractivity contribution in [3.63, 3.8) is 0 Å². The quantitative estimate of drug-likeness (QED) is 0.141. The summed E-state index contributed by atoms with van der Waals surface area (Å²) in [5, 5.41) is 26.6. The third-order valence-electron chi connectivity index (χ3n) is 9.39. The largest absolute Gasteiger partial charge is 0.309 e.